The van der Waals surface area contributed by atoms with Crippen LogP contribution < -0.4 is 5.32 Å². The second kappa shape index (κ2) is 11.9. The molecule has 0 heterocycles. The first kappa shape index (κ1) is 29.9. The number of hydrogen-bond acceptors (Lipinski definition) is 2. The van der Waals surface area contributed by atoms with Crippen molar-refractivity contribution in [3.63, 3.8) is 0 Å². The monoisotopic (exact) mass is 543 g/mol. The Morgan fingerprint density at radius 1 is 0.949 bits per heavy atom. The molecule has 0 bridgehead atoms. The molecule has 2 N–H and O–H groups in total. The zero-order valence-electron chi connectivity index (χ0n) is 26.4. The average molecular weight is 544 g/mol. The fraction of sp³-hybridized carbons (Fsp3) is 0.971. The lowest BCUT2D eigenvalue weighted by atomic mass is 9.44. The van der Waals surface area contributed by atoms with E-state index in [0.29, 0.717) is 23.2 Å². The first-order valence-electron chi connectivity index (χ1n) is 17.3. The molecule has 9 atom stereocenters. The van der Waals surface area contributed by atoms with Crippen molar-refractivity contribution in [2.24, 2.45) is 52.3 Å². The van der Waals surface area contributed by atoms with Crippen molar-refractivity contribution >= 4 is 5.91 Å². The summed E-state index contributed by atoms with van der Waals surface area (Å²) < 4.78 is 1.10. The number of quaternary nitrogens is 1. The van der Waals surface area contributed by atoms with Crippen molar-refractivity contribution in [1.82, 2.24) is 5.32 Å². The van der Waals surface area contributed by atoms with Gasteiger partial charge in [-0.2, -0.15) is 0 Å². The molecule has 5 rings (SSSR count). The van der Waals surface area contributed by atoms with E-state index >= 15 is 0 Å². The number of aliphatic hydroxyl groups excluding tert-OH is 1. The van der Waals surface area contributed by atoms with E-state index in [1.165, 1.54) is 77.2 Å². The predicted octanol–water partition coefficient (Wildman–Crippen LogP) is 7.20. The number of carbonyl (C=O) groups excluding carboxylic acids is 1. The Hall–Kier alpha value is -0.610. The molecule has 5 aliphatic rings. The minimum Gasteiger partial charge on any atom is -0.393 e. The fourth-order valence-corrected chi connectivity index (χ4v) is 11.6. The van der Waals surface area contributed by atoms with E-state index in [1.54, 1.807) is 0 Å². The number of nitrogens with zero attached hydrogens (tertiary/aromatic N) is 1. The highest BCUT2D eigenvalue weighted by Gasteiger charge is 2.60. The van der Waals surface area contributed by atoms with E-state index in [9.17, 15) is 9.90 Å². The van der Waals surface area contributed by atoms with Crippen molar-refractivity contribution in [3.8, 4) is 0 Å². The molecular formula is C35H63N2O2+. The topological polar surface area (TPSA) is 49.3 Å². The Morgan fingerprint density at radius 3 is 2.44 bits per heavy atom. The second-order valence-corrected chi connectivity index (χ2v) is 16.5. The zero-order valence-corrected chi connectivity index (χ0v) is 26.4. The fourth-order valence-electron chi connectivity index (χ4n) is 11.6. The lowest BCUT2D eigenvalue weighted by Crippen LogP contribution is -2.54. The molecule has 5 unspecified atom stereocenters. The maximum absolute atomic E-state index is 12.8. The van der Waals surface area contributed by atoms with Crippen LogP contribution in [-0.4, -0.2) is 55.3 Å². The minimum atomic E-state index is -0.0463. The Balaban J connectivity index is 1.06. The highest BCUT2D eigenvalue weighted by molar-refractivity contribution is 5.75. The van der Waals surface area contributed by atoms with Crippen molar-refractivity contribution in [2.75, 3.05) is 33.7 Å². The van der Waals surface area contributed by atoms with Crippen molar-refractivity contribution in [3.05, 3.63) is 0 Å². The van der Waals surface area contributed by atoms with Gasteiger partial charge in [0.25, 0.3) is 0 Å². The molecule has 5 saturated carbocycles. The normalized spacial score (nSPS) is 41.5. The van der Waals surface area contributed by atoms with Crippen LogP contribution in [0.15, 0.2) is 0 Å². The predicted molar refractivity (Wildman–Crippen MR) is 161 cm³/mol. The molecule has 0 aromatic heterocycles. The molecule has 0 aromatic carbocycles. The smallest absolute Gasteiger partial charge is 0.220 e. The Morgan fingerprint density at radius 2 is 1.67 bits per heavy atom. The molecule has 39 heavy (non-hydrogen) atoms. The third-order valence-electron chi connectivity index (χ3n) is 13.7. The summed E-state index contributed by atoms with van der Waals surface area (Å²) in [4.78, 5) is 12.8. The van der Waals surface area contributed by atoms with Crippen LogP contribution in [0.2, 0.25) is 0 Å². The summed E-state index contributed by atoms with van der Waals surface area (Å²) in [7, 11) is 4.74. The van der Waals surface area contributed by atoms with Crippen molar-refractivity contribution < 1.29 is 14.4 Å². The van der Waals surface area contributed by atoms with Crippen LogP contribution in [0, 0.1) is 52.3 Å². The number of amides is 1. The molecular weight excluding hydrogens is 480 g/mol. The maximum Gasteiger partial charge on any atom is 0.220 e. The summed E-state index contributed by atoms with van der Waals surface area (Å²) in [6.45, 7) is 11.0. The first-order chi connectivity index (χ1) is 18.5. The van der Waals surface area contributed by atoms with Gasteiger partial charge in [-0.25, -0.2) is 0 Å². The highest BCUT2D eigenvalue weighted by Crippen LogP contribution is 2.68. The molecule has 4 nitrogen and oxygen atoms in total. The van der Waals surface area contributed by atoms with E-state index in [-0.39, 0.29) is 12.0 Å². The second-order valence-electron chi connectivity index (χ2n) is 16.5. The van der Waals surface area contributed by atoms with Gasteiger partial charge in [0, 0.05) is 25.3 Å². The molecule has 0 radical (unpaired) electrons. The Kier molecular flexibility index (Phi) is 9.15. The van der Waals surface area contributed by atoms with E-state index in [1.807, 2.05) is 0 Å². The van der Waals surface area contributed by atoms with Crippen LogP contribution in [0.1, 0.15) is 124 Å². The van der Waals surface area contributed by atoms with Crippen LogP contribution in [0.3, 0.4) is 0 Å². The van der Waals surface area contributed by atoms with Gasteiger partial charge < -0.3 is 14.9 Å². The lowest BCUT2D eigenvalue weighted by molar-refractivity contribution is -0.893. The van der Waals surface area contributed by atoms with Crippen LogP contribution in [0.5, 0.6) is 0 Å². The van der Waals surface area contributed by atoms with E-state index in [4.69, 9.17) is 0 Å². The van der Waals surface area contributed by atoms with Gasteiger partial charge in [-0.05, 0) is 123 Å². The van der Waals surface area contributed by atoms with Crippen molar-refractivity contribution in [1.29, 1.82) is 0 Å². The summed E-state index contributed by atoms with van der Waals surface area (Å²) in [5.41, 5.74) is 0.938. The van der Waals surface area contributed by atoms with Crippen LogP contribution in [0.25, 0.3) is 0 Å². The molecule has 0 spiro atoms. The van der Waals surface area contributed by atoms with Crippen LogP contribution in [0.4, 0.5) is 0 Å². The summed E-state index contributed by atoms with van der Waals surface area (Å²) in [5, 5.41) is 13.6. The summed E-state index contributed by atoms with van der Waals surface area (Å²) in [6, 6.07) is 0. The van der Waals surface area contributed by atoms with E-state index in [0.717, 1.165) is 78.8 Å². The van der Waals surface area contributed by atoms with Crippen LogP contribution in [-0.2, 0) is 4.79 Å². The molecule has 0 aliphatic heterocycles. The van der Waals surface area contributed by atoms with Gasteiger partial charge in [0.05, 0.1) is 33.3 Å². The number of fused-ring (bicyclic) bond motifs is 5. The van der Waals surface area contributed by atoms with Gasteiger partial charge >= 0.3 is 0 Å². The molecule has 224 valence electrons. The highest BCUT2D eigenvalue weighted by atomic mass is 16.3. The molecule has 5 fully saturated rings. The van der Waals surface area contributed by atoms with Gasteiger partial charge in [-0.1, -0.05) is 33.6 Å². The quantitative estimate of drug-likeness (QED) is 0.226. The van der Waals surface area contributed by atoms with E-state index in [2.05, 4.69) is 40.2 Å². The third-order valence-corrected chi connectivity index (χ3v) is 13.7. The Labute approximate surface area is 241 Å². The number of aliphatic hydroxyl groups is 1. The van der Waals surface area contributed by atoms with Gasteiger partial charge in [0.2, 0.25) is 5.91 Å². The van der Waals surface area contributed by atoms with E-state index < -0.39 is 0 Å². The van der Waals surface area contributed by atoms with Gasteiger partial charge in [-0.3, -0.25) is 4.79 Å². The lowest BCUT2D eigenvalue weighted by Gasteiger charge is -2.61. The largest absolute Gasteiger partial charge is 0.393 e. The first-order valence-corrected chi connectivity index (χ1v) is 17.3. The molecule has 4 heteroatoms. The summed E-state index contributed by atoms with van der Waals surface area (Å²) in [5.74, 6) is 6.02. The van der Waals surface area contributed by atoms with Crippen molar-refractivity contribution in [2.45, 2.75) is 130 Å². The standard InChI is InChI=1S/C35H62N2O2/c1-25(11-16-33(39)36-21-8-22-37(4,5)24-26-9-6-7-10-26)30-14-15-31-29-13-12-27-23-28(38)17-19-34(27,2)32(29)18-20-35(30,31)3/h25-32,38H,6-24H2,1-5H3/p+1/t25?,27?,28-,29?,30-,31?,32?,34+,35-/m1/s1. The zero-order chi connectivity index (χ0) is 27.8. The third kappa shape index (κ3) is 6.27. The summed E-state index contributed by atoms with van der Waals surface area (Å²) >= 11 is 0. The molecule has 0 aromatic rings. The number of carbonyl (C=O) groups is 1. The number of nitrogens with one attached hydrogen (secondary N) is 1. The summed E-state index contributed by atoms with van der Waals surface area (Å²) in [6.07, 6.45) is 20.1. The molecule has 0 saturated heterocycles. The van der Waals surface area contributed by atoms with Gasteiger partial charge in [-0.15, -0.1) is 0 Å². The molecule has 5 aliphatic carbocycles. The minimum absolute atomic E-state index is 0.0463. The molecule has 1 amide bonds. The van der Waals surface area contributed by atoms with Gasteiger partial charge in [0.1, 0.15) is 0 Å². The number of rotatable bonds is 10. The SMILES string of the molecule is CC(CCC(=O)NCCC[N+](C)(C)CC1CCCC1)[C@H]1CCC2C3CCC4C[C@H](O)CC[C@]4(C)C3CC[C@@]21C. The Bertz CT molecular complexity index is 837. The average Bonchev–Trinajstić information content (AvgIpc) is 3.52. The number of hydrogen-bond donors (Lipinski definition) is 2. The van der Waals surface area contributed by atoms with Gasteiger partial charge in [0.15, 0.2) is 0 Å². The van der Waals surface area contributed by atoms with Crippen LogP contribution >= 0.6 is 0 Å². The maximum atomic E-state index is 12.8.